The summed E-state index contributed by atoms with van der Waals surface area (Å²) < 4.78 is 0. The standard InChI is InChI=1S/C14H21N3S2/c1-2-15-11-4-3-5-12-10(11)8-16-14(17-12)13-9-18-6-7-19-13/h8,11,13,15H,2-7,9H2,1H3. The SMILES string of the molecule is CCNC1CCCc2nc(C3CSCCS3)ncc21. The second-order valence-electron chi connectivity index (χ2n) is 5.07. The van der Waals surface area contributed by atoms with Crippen molar-refractivity contribution in [3.05, 3.63) is 23.3 Å². The van der Waals surface area contributed by atoms with Crippen LogP contribution in [-0.4, -0.2) is 33.8 Å². The molecule has 1 aromatic rings. The fraction of sp³-hybridized carbons (Fsp3) is 0.714. The molecular weight excluding hydrogens is 274 g/mol. The number of rotatable bonds is 3. The van der Waals surface area contributed by atoms with Crippen LogP contribution in [0.1, 0.15) is 48.1 Å². The molecule has 1 N–H and O–H groups in total. The lowest BCUT2D eigenvalue weighted by molar-refractivity contribution is 0.462. The third-order valence-electron chi connectivity index (χ3n) is 3.75. The zero-order valence-electron chi connectivity index (χ0n) is 11.4. The van der Waals surface area contributed by atoms with E-state index in [2.05, 4.69) is 23.4 Å². The number of hydrogen-bond donors (Lipinski definition) is 1. The molecular formula is C14H21N3S2. The van der Waals surface area contributed by atoms with Crippen molar-refractivity contribution >= 4 is 23.5 Å². The van der Waals surface area contributed by atoms with E-state index < -0.39 is 0 Å². The summed E-state index contributed by atoms with van der Waals surface area (Å²) in [6.07, 6.45) is 5.67. The Bertz CT molecular complexity index is 433. The second kappa shape index (κ2) is 6.46. The molecule has 0 aromatic carbocycles. The summed E-state index contributed by atoms with van der Waals surface area (Å²) in [5.74, 6) is 4.73. The van der Waals surface area contributed by atoms with Crippen molar-refractivity contribution in [2.45, 2.75) is 37.5 Å². The maximum Gasteiger partial charge on any atom is 0.142 e. The maximum atomic E-state index is 4.88. The van der Waals surface area contributed by atoms with E-state index in [0.29, 0.717) is 11.3 Å². The van der Waals surface area contributed by atoms with Gasteiger partial charge in [-0.15, -0.1) is 11.8 Å². The third-order valence-corrected chi connectivity index (χ3v) is 6.51. The van der Waals surface area contributed by atoms with Gasteiger partial charge in [0.05, 0.1) is 5.25 Å². The van der Waals surface area contributed by atoms with E-state index in [1.54, 1.807) is 0 Å². The average molecular weight is 295 g/mol. The first-order valence-electron chi connectivity index (χ1n) is 7.17. The molecule has 5 heteroatoms. The number of aryl methyl sites for hydroxylation is 1. The van der Waals surface area contributed by atoms with Crippen LogP contribution in [0.3, 0.4) is 0 Å². The molecule has 3 nitrogen and oxygen atoms in total. The Morgan fingerprint density at radius 2 is 2.37 bits per heavy atom. The van der Waals surface area contributed by atoms with Crippen LogP contribution in [0.2, 0.25) is 0 Å². The van der Waals surface area contributed by atoms with Crippen LogP contribution < -0.4 is 5.32 Å². The van der Waals surface area contributed by atoms with Gasteiger partial charge in [0.15, 0.2) is 0 Å². The first kappa shape index (κ1) is 13.7. The van der Waals surface area contributed by atoms with E-state index in [0.717, 1.165) is 18.8 Å². The summed E-state index contributed by atoms with van der Waals surface area (Å²) >= 11 is 4.05. The Morgan fingerprint density at radius 3 is 3.16 bits per heavy atom. The van der Waals surface area contributed by atoms with Crippen LogP contribution in [-0.2, 0) is 6.42 Å². The van der Waals surface area contributed by atoms with Gasteiger partial charge in [-0.3, -0.25) is 0 Å². The van der Waals surface area contributed by atoms with Gasteiger partial charge in [0, 0.05) is 40.8 Å². The molecule has 1 aliphatic heterocycles. The lowest BCUT2D eigenvalue weighted by Gasteiger charge is -2.26. The molecule has 19 heavy (non-hydrogen) atoms. The lowest BCUT2D eigenvalue weighted by atomic mass is 9.92. The molecule has 2 unspecified atom stereocenters. The topological polar surface area (TPSA) is 37.8 Å². The maximum absolute atomic E-state index is 4.88. The van der Waals surface area contributed by atoms with Crippen molar-refractivity contribution in [3.63, 3.8) is 0 Å². The van der Waals surface area contributed by atoms with Gasteiger partial charge in [0.2, 0.25) is 0 Å². The van der Waals surface area contributed by atoms with Crippen LogP contribution in [0.25, 0.3) is 0 Å². The Hall–Kier alpha value is -0.260. The Balaban J connectivity index is 1.82. The molecule has 0 bridgehead atoms. The minimum absolute atomic E-state index is 0.469. The highest BCUT2D eigenvalue weighted by molar-refractivity contribution is 8.06. The molecule has 0 saturated carbocycles. The smallest absolute Gasteiger partial charge is 0.142 e. The fourth-order valence-electron chi connectivity index (χ4n) is 2.81. The van der Waals surface area contributed by atoms with Gasteiger partial charge in [-0.25, -0.2) is 9.97 Å². The Morgan fingerprint density at radius 1 is 1.42 bits per heavy atom. The number of fused-ring (bicyclic) bond motifs is 1. The van der Waals surface area contributed by atoms with E-state index in [4.69, 9.17) is 4.98 Å². The van der Waals surface area contributed by atoms with Crippen LogP contribution in [0, 0.1) is 0 Å². The third kappa shape index (κ3) is 3.09. The summed E-state index contributed by atoms with van der Waals surface area (Å²) in [6.45, 7) is 3.18. The normalized spacial score (nSPS) is 27.0. The van der Waals surface area contributed by atoms with Crippen LogP contribution in [0.5, 0.6) is 0 Å². The molecule has 1 aromatic heterocycles. The molecule has 0 radical (unpaired) electrons. The molecule has 2 atom stereocenters. The molecule has 1 aliphatic carbocycles. The molecule has 3 rings (SSSR count). The summed E-state index contributed by atoms with van der Waals surface area (Å²) in [5, 5.41) is 4.05. The van der Waals surface area contributed by atoms with Crippen LogP contribution in [0.15, 0.2) is 6.20 Å². The molecule has 2 aliphatic rings. The van der Waals surface area contributed by atoms with Crippen LogP contribution in [0.4, 0.5) is 0 Å². The summed E-state index contributed by atoms with van der Waals surface area (Å²) in [7, 11) is 0. The number of thioether (sulfide) groups is 2. The number of nitrogens with one attached hydrogen (secondary N) is 1. The molecule has 1 saturated heterocycles. The number of nitrogens with zero attached hydrogens (tertiary/aromatic N) is 2. The average Bonchev–Trinajstić information content (AvgIpc) is 2.48. The summed E-state index contributed by atoms with van der Waals surface area (Å²) in [6, 6.07) is 0.469. The molecule has 2 heterocycles. The van der Waals surface area contributed by atoms with Gasteiger partial charge in [0.25, 0.3) is 0 Å². The highest BCUT2D eigenvalue weighted by atomic mass is 32.2. The summed E-state index contributed by atoms with van der Waals surface area (Å²) in [4.78, 5) is 9.55. The minimum atomic E-state index is 0.469. The van der Waals surface area contributed by atoms with Gasteiger partial charge >= 0.3 is 0 Å². The molecule has 104 valence electrons. The van der Waals surface area contributed by atoms with Crippen molar-refractivity contribution in [2.75, 3.05) is 23.8 Å². The van der Waals surface area contributed by atoms with E-state index in [1.165, 1.54) is 41.4 Å². The van der Waals surface area contributed by atoms with Gasteiger partial charge in [-0.1, -0.05) is 6.92 Å². The quantitative estimate of drug-likeness (QED) is 0.928. The van der Waals surface area contributed by atoms with Gasteiger partial charge in [0.1, 0.15) is 5.82 Å². The fourth-order valence-corrected chi connectivity index (χ4v) is 5.42. The first-order chi connectivity index (χ1) is 9.38. The molecule has 1 fully saturated rings. The van der Waals surface area contributed by atoms with E-state index >= 15 is 0 Å². The highest BCUT2D eigenvalue weighted by Gasteiger charge is 2.24. The minimum Gasteiger partial charge on any atom is -0.310 e. The second-order valence-corrected chi connectivity index (χ2v) is 7.53. The van der Waals surface area contributed by atoms with Crippen molar-refractivity contribution in [1.29, 1.82) is 0 Å². The van der Waals surface area contributed by atoms with Gasteiger partial charge in [-0.05, 0) is 25.8 Å². The van der Waals surface area contributed by atoms with Gasteiger partial charge in [-0.2, -0.15) is 11.8 Å². The predicted octanol–water partition coefficient (Wildman–Crippen LogP) is 2.98. The van der Waals surface area contributed by atoms with E-state index in [1.807, 2.05) is 23.5 Å². The van der Waals surface area contributed by atoms with Crippen LogP contribution >= 0.6 is 23.5 Å². The number of hydrogen-bond acceptors (Lipinski definition) is 5. The Labute approximate surface area is 123 Å². The molecule has 0 amide bonds. The van der Waals surface area contributed by atoms with Gasteiger partial charge < -0.3 is 5.32 Å². The highest BCUT2D eigenvalue weighted by Crippen LogP contribution is 2.36. The number of aromatic nitrogens is 2. The lowest BCUT2D eigenvalue weighted by Crippen LogP contribution is -2.26. The zero-order valence-corrected chi connectivity index (χ0v) is 13.0. The van der Waals surface area contributed by atoms with E-state index in [9.17, 15) is 0 Å². The Kier molecular flexibility index (Phi) is 4.66. The summed E-state index contributed by atoms with van der Waals surface area (Å²) in [5.41, 5.74) is 2.63. The molecule has 0 spiro atoms. The first-order valence-corrected chi connectivity index (χ1v) is 9.37. The van der Waals surface area contributed by atoms with Crippen molar-refractivity contribution in [2.24, 2.45) is 0 Å². The van der Waals surface area contributed by atoms with Crippen molar-refractivity contribution < 1.29 is 0 Å². The van der Waals surface area contributed by atoms with E-state index in [-0.39, 0.29) is 0 Å². The van der Waals surface area contributed by atoms with Crippen molar-refractivity contribution in [3.8, 4) is 0 Å². The predicted molar refractivity (Wildman–Crippen MR) is 83.9 cm³/mol. The monoisotopic (exact) mass is 295 g/mol. The van der Waals surface area contributed by atoms with Crippen molar-refractivity contribution in [1.82, 2.24) is 15.3 Å². The zero-order chi connectivity index (χ0) is 13.1. The largest absolute Gasteiger partial charge is 0.310 e.